The lowest BCUT2D eigenvalue weighted by atomic mass is 9.85. The fraction of sp³-hybridized carbons (Fsp3) is 0.389. The van der Waals surface area contributed by atoms with Gasteiger partial charge in [0.25, 0.3) is 17.5 Å². The zero-order chi connectivity index (χ0) is 19.3. The molecule has 9 heteroatoms. The quantitative estimate of drug-likeness (QED) is 0.256. The maximum absolute atomic E-state index is 12.6. The standard InChI is InChI=1S/C18H17N3O6/c1-26-13-6-11(12(21(24)25)7-14(13)27-2)8-19-20-17(22)15-9-3-4-10(5-9)16(15)18(20)23/h3-4,6-10,15-16H,5H2,1-2H3/b19-8+. The van der Waals surface area contributed by atoms with Crippen molar-refractivity contribution >= 4 is 23.7 Å². The van der Waals surface area contributed by atoms with Crippen LogP contribution in [0.2, 0.25) is 0 Å². The molecule has 1 aromatic rings. The van der Waals surface area contributed by atoms with Crippen LogP contribution in [-0.2, 0) is 9.59 Å². The fourth-order valence-electron chi connectivity index (χ4n) is 4.27. The summed E-state index contributed by atoms with van der Waals surface area (Å²) in [6.07, 6.45) is 5.95. The van der Waals surface area contributed by atoms with Crippen LogP contribution in [0.15, 0.2) is 29.4 Å². The molecule has 2 bridgehead atoms. The Kier molecular flexibility index (Phi) is 3.94. The zero-order valence-electron chi connectivity index (χ0n) is 14.7. The summed E-state index contributed by atoms with van der Waals surface area (Å²) in [5.41, 5.74) is -0.158. The Balaban J connectivity index is 1.66. The Morgan fingerprint density at radius 1 is 1.11 bits per heavy atom. The first-order valence-corrected chi connectivity index (χ1v) is 8.46. The molecule has 0 N–H and O–H groups in total. The van der Waals surface area contributed by atoms with Crippen LogP contribution in [0.1, 0.15) is 12.0 Å². The van der Waals surface area contributed by atoms with Gasteiger partial charge in [0.05, 0.1) is 48.8 Å². The number of hydrogen-bond acceptors (Lipinski definition) is 7. The van der Waals surface area contributed by atoms with E-state index in [0.717, 1.165) is 17.6 Å². The number of imide groups is 1. The summed E-state index contributed by atoms with van der Waals surface area (Å²) in [5, 5.41) is 16.2. The van der Waals surface area contributed by atoms with Gasteiger partial charge in [-0.05, 0) is 24.3 Å². The summed E-state index contributed by atoms with van der Waals surface area (Å²) < 4.78 is 10.2. The number of hydrogen-bond donors (Lipinski definition) is 0. The van der Waals surface area contributed by atoms with Gasteiger partial charge in [-0.1, -0.05) is 12.2 Å². The number of nitrogens with zero attached hydrogens (tertiary/aromatic N) is 3. The molecular weight excluding hydrogens is 354 g/mol. The third kappa shape index (κ3) is 2.49. The molecule has 1 saturated heterocycles. The second-order valence-electron chi connectivity index (χ2n) is 6.76. The van der Waals surface area contributed by atoms with Gasteiger partial charge in [0.2, 0.25) is 0 Å². The lowest BCUT2D eigenvalue weighted by Crippen LogP contribution is -2.28. The number of allylic oxidation sites excluding steroid dienone is 2. The second-order valence-corrected chi connectivity index (χ2v) is 6.76. The van der Waals surface area contributed by atoms with E-state index in [4.69, 9.17) is 9.47 Å². The normalized spacial score (nSPS) is 28.3. The summed E-state index contributed by atoms with van der Waals surface area (Å²) in [6.45, 7) is 0. The van der Waals surface area contributed by atoms with Crippen LogP contribution in [0.25, 0.3) is 0 Å². The smallest absolute Gasteiger partial charge is 0.282 e. The first kappa shape index (κ1) is 17.2. The molecular formula is C18H17N3O6. The van der Waals surface area contributed by atoms with Gasteiger partial charge >= 0.3 is 0 Å². The third-order valence-corrected chi connectivity index (χ3v) is 5.49. The van der Waals surface area contributed by atoms with Crippen molar-refractivity contribution in [3.05, 3.63) is 40.0 Å². The van der Waals surface area contributed by atoms with E-state index < -0.39 is 4.92 Å². The van der Waals surface area contributed by atoms with E-state index in [1.54, 1.807) is 0 Å². The van der Waals surface area contributed by atoms with Crippen molar-refractivity contribution in [2.75, 3.05) is 14.2 Å². The Bertz CT molecular complexity index is 879. The molecule has 140 valence electrons. The SMILES string of the molecule is COc1cc(/C=N/N2C(=O)C3C4C=CC(C4)C3C2=O)c([N+](=O)[O-])cc1OC. The van der Waals surface area contributed by atoms with Gasteiger partial charge in [0, 0.05) is 0 Å². The lowest BCUT2D eigenvalue weighted by Gasteiger charge is -2.13. The van der Waals surface area contributed by atoms with Crippen LogP contribution in [0.3, 0.4) is 0 Å². The highest BCUT2D eigenvalue weighted by molar-refractivity contribution is 6.07. The summed E-state index contributed by atoms with van der Waals surface area (Å²) >= 11 is 0. The Hall–Kier alpha value is -3.23. The largest absolute Gasteiger partial charge is 0.493 e. The number of hydrazone groups is 1. The zero-order valence-corrected chi connectivity index (χ0v) is 14.7. The van der Waals surface area contributed by atoms with Crippen molar-refractivity contribution in [1.82, 2.24) is 5.01 Å². The number of nitro benzene ring substituents is 1. The maximum Gasteiger partial charge on any atom is 0.282 e. The molecule has 4 rings (SSSR count). The molecule has 2 amide bonds. The number of benzene rings is 1. The molecule has 4 atom stereocenters. The van der Waals surface area contributed by atoms with Crippen LogP contribution in [0, 0.1) is 33.8 Å². The van der Waals surface area contributed by atoms with E-state index >= 15 is 0 Å². The molecule has 27 heavy (non-hydrogen) atoms. The molecule has 9 nitrogen and oxygen atoms in total. The maximum atomic E-state index is 12.6. The summed E-state index contributed by atoms with van der Waals surface area (Å²) in [6, 6.07) is 2.60. The predicted molar refractivity (Wildman–Crippen MR) is 93.4 cm³/mol. The number of carbonyl (C=O) groups is 2. The number of amides is 2. The first-order valence-electron chi connectivity index (χ1n) is 8.46. The minimum atomic E-state index is -0.587. The van der Waals surface area contributed by atoms with Gasteiger partial charge in [-0.25, -0.2) is 0 Å². The average Bonchev–Trinajstić information content (AvgIpc) is 3.34. The number of ether oxygens (including phenoxy) is 2. The van der Waals surface area contributed by atoms with E-state index in [9.17, 15) is 19.7 Å². The van der Waals surface area contributed by atoms with Crippen molar-refractivity contribution in [3.63, 3.8) is 0 Å². The van der Waals surface area contributed by atoms with Gasteiger partial charge in [-0.3, -0.25) is 19.7 Å². The molecule has 4 unspecified atom stereocenters. The molecule has 1 saturated carbocycles. The predicted octanol–water partition coefficient (Wildman–Crippen LogP) is 1.75. The van der Waals surface area contributed by atoms with Crippen LogP contribution in [0.5, 0.6) is 11.5 Å². The average molecular weight is 371 g/mol. The first-order chi connectivity index (χ1) is 13.0. The number of methoxy groups -OCH3 is 2. The van der Waals surface area contributed by atoms with Crippen LogP contribution in [0.4, 0.5) is 5.69 Å². The van der Waals surface area contributed by atoms with E-state index in [2.05, 4.69) is 5.10 Å². The lowest BCUT2D eigenvalue weighted by molar-refractivity contribution is -0.385. The molecule has 3 aliphatic rings. The number of fused-ring (bicyclic) bond motifs is 5. The summed E-state index contributed by atoms with van der Waals surface area (Å²) in [5.74, 6) is -0.800. The van der Waals surface area contributed by atoms with Gasteiger partial charge in [0.1, 0.15) is 0 Å². The molecule has 1 aromatic carbocycles. The molecule has 1 aliphatic heterocycles. The van der Waals surface area contributed by atoms with Gasteiger partial charge in [-0.2, -0.15) is 10.1 Å². The minimum absolute atomic E-state index is 0.0760. The van der Waals surface area contributed by atoms with Crippen LogP contribution >= 0.6 is 0 Å². The Morgan fingerprint density at radius 2 is 1.67 bits per heavy atom. The monoisotopic (exact) mass is 371 g/mol. The number of nitro groups is 1. The minimum Gasteiger partial charge on any atom is -0.493 e. The van der Waals surface area contributed by atoms with Gasteiger partial charge < -0.3 is 9.47 Å². The number of carbonyl (C=O) groups excluding carboxylic acids is 2. The molecule has 0 spiro atoms. The van der Waals surface area contributed by atoms with Gasteiger partial charge in [0.15, 0.2) is 11.5 Å². The number of rotatable bonds is 5. The molecule has 1 heterocycles. The van der Waals surface area contributed by atoms with E-state index in [1.165, 1.54) is 26.4 Å². The third-order valence-electron chi connectivity index (χ3n) is 5.49. The van der Waals surface area contributed by atoms with Crippen molar-refractivity contribution in [2.45, 2.75) is 6.42 Å². The van der Waals surface area contributed by atoms with Crippen LogP contribution in [-0.4, -0.2) is 42.2 Å². The molecule has 0 aromatic heterocycles. The van der Waals surface area contributed by atoms with Crippen LogP contribution < -0.4 is 9.47 Å². The highest BCUT2D eigenvalue weighted by Gasteiger charge is 2.59. The highest BCUT2D eigenvalue weighted by Crippen LogP contribution is 2.52. The Morgan fingerprint density at radius 3 is 2.19 bits per heavy atom. The highest BCUT2D eigenvalue weighted by atomic mass is 16.6. The van der Waals surface area contributed by atoms with Crippen molar-refractivity contribution in [1.29, 1.82) is 0 Å². The van der Waals surface area contributed by atoms with Crippen molar-refractivity contribution in [3.8, 4) is 11.5 Å². The fourth-order valence-corrected chi connectivity index (χ4v) is 4.27. The second kappa shape index (κ2) is 6.19. The summed E-state index contributed by atoms with van der Waals surface area (Å²) in [7, 11) is 2.78. The van der Waals surface area contributed by atoms with E-state index in [-0.39, 0.29) is 58.2 Å². The van der Waals surface area contributed by atoms with Crippen molar-refractivity contribution < 1.29 is 24.0 Å². The Labute approximate surface area is 154 Å². The molecule has 0 radical (unpaired) electrons. The topological polar surface area (TPSA) is 111 Å². The van der Waals surface area contributed by atoms with Gasteiger partial charge in [-0.15, -0.1) is 0 Å². The van der Waals surface area contributed by atoms with E-state index in [0.29, 0.717) is 0 Å². The van der Waals surface area contributed by atoms with E-state index in [1.807, 2.05) is 12.2 Å². The molecule has 2 fully saturated rings. The van der Waals surface area contributed by atoms with Crippen molar-refractivity contribution in [2.24, 2.45) is 28.8 Å². The molecule has 2 aliphatic carbocycles. The summed E-state index contributed by atoms with van der Waals surface area (Å²) in [4.78, 5) is 36.0.